The summed E-state index contributed by atoms with van der Waals surface area (Å²) in [6, 6.07) is 17.3. The van der Waals surface area contributed by atoms with E-state index in [1.165, 1.54) is 5.01 Å². The fourth-order valence-electron chi connectivity index (χ4n) is 2.15. The molecule has 0 unspecified atom stereocenters. The van der Waals surface area contributed by atoms with Gasteiger partial charge in [0.2, 0.25) is 0 Å². The van der Waals surface area contributed by atoms with Crippen molar-refractivity contribution in [2.24, 2.45) is 5.10 Å². The minimum atomic E-state index is -0.0957. The second-order valence-corrected chi connectivity index (χ2v) is 5.66. The van der Waals surface area contributed by atoms with Crippen LogP contribution in [-0.4, -0.2) is 11.6 Å². The summed E-state index contributed by atoms with van der Waals surface area (Å²) >= 11 is 3.40. The maximum atomic E-state index is 12.5. The van der Waals surface area contributed by atoms with Crippen molar-refractivity contribution in [1.82, 2.24) is 0 Å². The number of hydrogen-bond acceptors (Lipinski definition) is 2. The molecule has 0 aliphatic carbocycles. The molecule has 2 aromatic rings. The van der Waals surface area contributed by atoms with Crippen LogP contribution >= 0.6 is 15.9 Å². The van der Waals surface area contributed by atoms with Crippen LogP contribution in [0.2, 0.25) is 0 Å². The Labute approximate surface area is 131 Å². The Kier molecular flexibility index (Phi) is 3.71. The number of anilines is 1. The van der Waals surface area contributed by atoms with Crippen LogP contribution in [-0.2, 0) is 4.79 Å². The van der Waals surface area contributed by atoms with E-state index >= 15 is 0 Å². The number of para-hydroxylation sites is 1. The molecule has 0 aromatic heterocycles. The molecule has 104 valence electrons. The van der Waals surface area contributed by atoms with Gasteiger partial charge in [0.15, 0.2) is 0 Å². The molecule has 3 nitrogen and oxygen atoms in total. The van der Waals surface area contributed by atoms with Crippen LogP contribution in [0.1, 0.15) is 12.5 Å². The minimum absolute atomic E-state index is 0.0957. The van der Waals surface area contributed by atoms with Gasteiger partial charge in [0.1, 0.15) is 0 Å². The second-order valence-electron chi connectivity index (χ2n) is 4.75. The minimum Gasteiger partial charge on any atom is -0.267 e. The predicted octanol–water partition coefficient (Wildman–Crippen LogP) is 4.26. The third-order valence-corrected chi connectivity index (χ3v) is 3.77. The molecule has 0 atom stereocenters. The van der Waals surface area contributed by atoms with Crippen molar-refractivity contribution in [3.8, 4) is 0 Å². The van der Waals surface area contributed by atoms with E-state index in [9.17, 15) is 4.79 Å². The van der Waals surface area contributed by atoms with Gasteiger partial charge in [-0.25, -0.2) is 0 Å². The molecule has 21 heavy (non-hydrogen) atoms. The highest BCUT2D eigenvalue weighted by Gasteiger charge is 2.28. The lowest BCUT2D eigenvalue weighted by molar-refractivity contribution is -0.114. The van der Waals surface area contributed by atoms with Crippen molar-refractivity contribution >= 4 is 39.3 Å². The van der Waals surface area contributed by atoms with Crippen LogP contribution in [0.5, 0.6) is 0 Å². The van der Waals surface area contributed by atoms with E-state index in [1.54, 1.807) is 0 Å². The lowest BCUT2D eigenvalue weighted by atomic mass is 10.1. The first-order chi connectivity index (χ1) is 10.1. The third-order valence-electron chi connectivity index (χ3n) is 3.24. The summed E-state index contributed by atoms with van der Waals surface area (Å²) in [6.45, 7) is 1.85. The Morgan fingerprint density at radius 1 is 1.05 bits per heavy atom. The molecule has 0 bridgehead atoms. The van der Waals surface area contributed by atoms with Crippen LogP contribution in [0.3, 0.4) is 0 Å². The number of hydrogen-bond donors (Lipinski definition) is 0. The Morgan fingerprint density at radius 2 is 1.71 bits per heavy atom. The molecule has 0 saturated carbocycles. The van der Waals surface area contributed by atoms with E-state index in [0.29, 0.717) is 5.57 Å². The van der Waals surface area contributed by atoms with Gasteiger partial charge in [-0.05, 0) is 42.8 Å². The van der Waals surface area contributed by atoms with Gasteiger partial charge in [0.05, 0.1) is 17.0 Å². The van der Waals surface area contributed by atoms with Gasteiger partial charge in [0, 0.05) is 4.47 Å². The molecule has 0 radical (unpaired) electrons. The first kappa shape index (κ1) is 13.8. The molecule has 1 heterocycles. The van der Waals surface area contributed by atoms with Gasteiger partial charge in [-0.3, -0.25) is 4.79 Å². The standard InChI is InChI=1S/C17H13BrN2O/c1-12-16(11-13-7-9-14(18)10-8-13)17(21)20(19-12)15-5-3-2-4-6-15/h2-11H,1H3/b16-11+. The highest BCUT2D eigenvalue weighted by molar-refractivity contribution is 9.10. The fourth-order valence-corrected chi connectivity index (χ4v) is 2.42. The summed E-state index contributed by atoms with van der Waals surface area (Å²) in [5.74, 6) is -0.0957. The van der Waals surface area contributed by atoms with Gasteiger partial charge < -0.3 is 0 Å². The molecule has 0 fully saturated rings. The lowest BCUT2D eigenvalue weighted by Gasteiger charge is -2.10. The SMILES string of the molecule is CC1=NN(c2ccccc2)C(=O)/C1=C/c1ccc(Br)cc1. The number of benzene rings is 2. The summed E-state index contributed by atoms with van der Waals surface area (Å²) < 4.78 is 1.01. The molecular weight excluding hydrogens is 328 g/mol. The highest BCUT2D eigenvalue weighted by Crippen LogP contribution is 2.24. The zero-order valence-corrected chi connectivity index (χ0v) is 13.0. The first-order valence-electron chi connectivity index (χ1n) is 6.57. The zero-order chi connectivity index (χ0) is 14.8. The second kappa shape index (κ2) is 5.66. The smallest absolute Gasteiger partial charge is 0.267 e. The fraction of sp³-hybridized carbons (Fsp3) is 0.0588. The molecule has 0 spiro atoms. The first-order valence-corrected chi connectivity index (χ1v) is 7.37. The average Bonchev–Trinajstić information content (AvgIpc) is 2.78. The van der Waals surface area contributed by atoms with Crippen molar-refractivity contribution < 1.29 is 4.79 Å². The topological polar surface area (TPSA) is 32.7 Å². The Hall–Kier alpha value is -2.20. The van der Waals surface area contributed by atoms with Crippen molar-refractivity contribution in [3.63, 3.8) is 0 Å². The number of amides is 1. The van der Waals surface area contributed by atoms with Crippen molar-refractivity contribution in [3.05, 3.63) is 70.2 Å². The van der Waals surface area contributed by atoms with Gasteiger partial charge in [-0.1, -0.05) is 46.3 Å². The van der Waals surface area contributed by atoms with Crippen LogP contribution in [0.4, 0.5) is 5.69 Å². The largest absolute Gasteiger partial charge is 0.280 e. The van der Waals surface area contributed by atoms with Crippen LogP contribution in [0.15, 0.2) is 69.7 Å². The van der Waals surface area contributed by atoms with Gasteiger partial charge in [0.25, 0.3) is 5.91 Å². The predicted molar refractivity (Wildman–Crippen MR) is 89.2 cm³/mol. The lowest BCUT2D eigenvalue weighted by Crippen LogP contribution is -2.21. The zero-order valence-electron chi connectivity index (χ0n) is 11.5. The number of carbonyl (C=O) groups excluding carboxylic acids is 1. The monoisotopic (exact) mass is 340 g/mol. The van der Waals surface area contributed by atoms with E-state index in [2.05, 4.69) is 21.0 Å². The molecular formula is C17H13BrN2O. The maximum absolute atomic E-state index is 12.5. The number of halogens is 1. The van der Waals surface area contributed by atoms with E-state index in [-0.39, 0.29) is 5.91 Å². The van der Waals surface area contributed by atoms with Gasteiger partial charge in [-0.15, -0.1) is 0 Å². The quantitative estimate of drug-likeness (QED) is 0.752. The van der Waals surface area contributed by atoms with Crippen molar-refractivity contribution in [2.75, 3.05) is 5.01 Å². The van der Waals surface area contributed by atoms with Crippen LogP contribution < -0.4 is 5.01 Å². The number of rotatable bonds is 2. The highest BCUT2D eigenvalue weighted by atomic mass is 79.9. The normalized spacial score (nSPS) is 16.5. The number of carbonyl (C=O) groups is 1. The number of nitrogens with zero attached hydrogens (tertiary/aromatic N) is 2. The Morgan fingerprint density at radius 3 is 2.38 bits per heavy atom. The Bertz CT molecular complexity index is 733. The van der Waals surface area contributed by atoms with Gasteiger partial charge in [-0.2, -0.15) is 10.1 Å². The van der Waals surface area contributed by atoms with E-state index in [1.807, 2.05) is 67.6 Å². The summed E-state index contributed by atoms with van der Waals surface area (Å²) in [7, 11) is 0. The van der Waals surface area contributed by atoms with Crippen LogP contribution in [0.25, 0.3) is 6.08 Å². The Balaban J connectivity index is 1.94. The summed E-state index contributed by atoms with van der Waals surface area (Å²) in [5, 5.41) is 5.80. The maximum Gasteiger partial charge on any atom is 0.280 e. The van der Waals surface area contributed by atoms with Crippen LogP contribution in [0, 0.1) is 0 Å². The summed E-state index contributed by atoms with van der Waals surface area (Å²) in [6.07, 6.45) is 1.87. The molecule has 1 amide bonds. The molecule has 3 rings (SSSR count). The van der Waals surface area contributed by atoms with Crippen molar-refractivity contribution in [1.29, 1.82) is 0 Å². The summed E-state index contributed by atoms with van der Waals surface area (Å²) in [5.41, 5.74) is 3.11. The molecule has 0 saturated heterocycles. The third kappa shape index (κ3) is 2.81. The molecule has 1 aliphatic rings. The van der Waals surface area contributed by atoms with Gasteiger partial charge >= 0.3 is 0 Å². The molecule has 0 N–H and O–H groups in total. The molecule has 2 aromatic carbocycles. The molecule has 4 heteroatoms. The average molecular weight is 341 g/mol. The number of hydrazone groups is 1. The summed E-state index contributed by atoms with van der Waals surface area (Å²) in [4.78, 5) is 12.5. The van der Waals surface area contributed by atoms with E-state index in [4.69, 9.17) is 0 Å². The molecule has 1 aliphatic heterocycles. The van der Waals surface area contributed by atoms with E-state index < -0.39 is 0 Å². The van der Waals surface area contributed by atoms with E-state index in [0.717, 1.165) is 21.4 Å². The van der Waals surface area contributed by atoms with Crippen molar-refractivity contribution in [2.45, 2.75) is 6.92 Å².